The average molecular weight is 544 g/mol. The molecule has 1 heterocycles. The summed E-state index contributed by atoms with van der Waals surface area (Å²) >= 11 is 7.49. The predicted molar refractivity (Wildman–Crippen MR) is 125 cm³/mol. The molecule has 0 aliphatic carbocycles. The molecule has 0 amide bonds. The molecule has 4 aromatic rings. The lowest BCUT2D eigenvalue weighted by molar-refractivity contribution is -0.140. The summed E-state index contributed by atoms with van der Waals surface area (Å²) in [7, 11) is -4.52. The van der Waals surface area contributed by atoms with Gasteiger partial charge in [0.05, 0.1) is 27.6 Å². The van der Waals surface area contributed by atoms with Gasteiger partial charge in [0.25, 0.3) is 10.0 Å². The van der Waals surface area contributed by atoms with Crippen LogP contribution in [-0.4, -0.2) is 19.5 Å². The van der Waals surface area contributed by atoms with Gasteiger partial charge in [-0.15, -0.1) is 11.3 Å². The van der Waals surface area contributed by atoms with Crippen molar-refractivity contribution in [2.45, 2.75) is 17.6 Å². The van der Waals surface area contributed by atoms with E-state index in [4.69, 9.17) is 11.6 Å². The number of sulfonamides is 1. The monoisotopic (exact) mass is 543 g/mol. The molecule has 35 heavy (non-hydrogen) atoms. The van der Waals surface area contributed by atoms with Gasteiger partial charge in [0.2, 0.25) is 0 Å². The molecule has 0 unspecified atom stereocenters. The molecule has 1 aromatic heterocycles. The minimum atomic E-state index is -4.99. The summed E-state index contributed by atoms with van der Waals surface area (Å²) in [5.74, 6) is -2.86. The third-order valence-electron chi connectivity index (χ3n) is 5.08. The first-order chi connectivity index (χ1) is 16.4. The number of carboxylic acids is 1. The van der Waals surface area contributed by atoms with Gasteiger partial charge in [-0.05, 0) is 42.0 Å². The van der Waals surface area contributed by atoms with Crippen LogP contribution in [0.5, 0.6) is 0 Å². The smallest absolute Gasteiger partial charge is 0.419 e. The highest BCUT2D eigenvalue weighted by Gasteiger charge is 2.35. The Balaban J connectivity index is 1.90. The molecule has 12 heteroatoms. The summed E-state index contributed by atoms with van der Waals surface area (Å²) in [6.45, 7) is -0.616. The van der Waals surface area contributed by atoms with Crippen LogP contribution in [-0.2, 0) is 22.7 Å². The van der Waals surface area contributed by atoms with Crippen molar-refractivity contribution in [3.63, 3.8) is 0 Å². The van der Waals surface area contributed by atoms with Crippen LogP contribution < -0.4 is 4.31 Å². The number of carbonyl (C=O) groups is 1. The zero-order chi connectivity index (χ0) is 25.5. The van der Waals surface area contributed by atoms with Gasteiger partial charge in [-0.1, -0.05) is 41.9 Å². The fourth-order valence-electron chi connectivity index (χ4n) is 3.40. The first-order valence-electron chi connectivity index (χ1n) is 9.78. The average Bonchev–Trinajstić information content (AvgIpc) is 3.13. The van der Waals surface area contributed by atoms with E-state index >= 15 is 0 Å². The molecular weight excluding hydrogens is 530 g/mol. The number of anilines is 1. The van der Waals surface area contributed by atoms with Crippen molar-refractivity contribution in [3.8, 4) is 0 Å². The van der Waals surface area contributed by atoms with Crippen LogP contribution in [0.25, 0.3) is 10.1 Å². The van der Waals surface area contributed by atoms with Gasteiger partial charge in [0, 0.05) is 10.1 Å². The van der Waals surface area contributed by atoms with Crippen molar-refractivity contribution in [3.05, 3.63) is 94.3 Å². The number of carboxylic acid groups (broad SMARTS) is 1. The largest absolute Gasteiger partial charge is 0.478 e. The standard InChI is InChI=1S/C23H14ClF4NO4S2/c24-20-16-6-1-2-7-19(16)34-21(20)29(12-13-8-9-18(25)17(10-13)23(26,27)28)35(32,33)15-5-3-4-14(11-15)22(30)31/h1-11H,12H2,(H,30,31). The van der Waals surface area contributed by atoms with Gasteiger partial charge in [0.15, 0.2) is 0 Å². The maximum absolute atomic E-state index is 13.8. The zero-order valence-corrected chi connectivity index (χ0v) is 19.8. The number of thiophene rings is 1. The second kappa shape index (κ2) is 9.14. The molecule has 0 bridgehead atoms. The Morgan fingerprint density at radius 1 is 1.03 bits per heavy atom. The predicted octanol–water partition coefficient (Wildman–Crippen LogP) is 6.81. The summed E-state index contributed by atoms with van der Waals surface area (Å²) < 4.78 is 82.4. The normalized spacial score (nSPS) is 12.1. The van der Waals surface area contributed by atoms with Gasteiger partial charge in [0.1, 0.15) is 10.8 Å². The van der Waals surface area contributed by atoms with Crippen molar-refractivity contribution >= 4 is 54.0 Å². The fraction of sp³-hybridized carbons (Fsp3) is 0.0870. The molecule has 1 N–H and O–H groups in total. The minimum absolute atomic E-state index is 0.0199. The Kier molecular flexibility index (Phi) is 6.52. The Morgan fingerprint density at radius 3 is 2.40 bits per heavy atom. The summed E-state index contributed by atoms with van der Waals surface area (Å²) in [6, 6.07) is 13.5. The zero-order valence-electron chi connectivity index (χ0n) is 17.4. The van der Waals surface area contributed by atoms with Gasteiger partial charge in [-0.2, -0.15) is 13.2 Å². The van der Waals surface area contributed by atoms with Gasteiger partial charge < -0.3 is 5.11 Å². The number of halogens is 5. The van der Waals surface area contributed by atoms with Crippen molar-refractivity contribution in [1.82, 2.24) is 0 Å². The van der Waals surface area contributed by atoms with E-state index in [1.54, 1.807) is 24.3 Å². The third-order valence-corrected chi connectivity index (χ3v) is 8.62. The number of benzene rings is 3. The number of nitrogens with zero attached hydrogens (tertiary/aromatic N) is 1. The SMILES string of the molecule is O=C(O)c1cccc(S(=O)(=O)N(Cc2ccc(F)c(C(F)(F)F)c2)c2sc3ccccc3c2Cl)c1. The number of alkyl halides is 3. The Labute approximate surface area is 205 Å². The van der Waals surface area contributed by atoms with Crippen LogP contribution in [0.1, 0.15) is 21.5 Å². The molecule has 5 nitrogen and oxygen atoms in total. The van der Waals surface area contributed by atoms with Crippen LogP contribution in [0.2, 0.25) is 5.02 Å². The molecule has 0 spiro atoms. The summed E-state index contributed by atoms with van der Waals surface area (Å²) in [6.07, 6.45) is -4.99. The van der Waals surface area contributed by atoms with E-state index in [9.17, 15) is 35.9 Å². The molecule has 0 saturated heterocycles. The summed E-state index contributed by atoms with van der Waals surface area (Å²) in [4.78, 5) is 11.0. The van der Waals surface area contributed by atoms with E-state index in [0.717, 1.165) is 27.8 Å². The highest BCUT2D eigenvalue weighted by Crippen LogP contribution is 2.44. The molecule has 0 saturated carbocycles. The number of aromatic carboxylic acids is 1. The quantitative estimate of drug-likeness (QED) is 0.271. The Hall–Kier alpha value is -3.15. The highest BCUT2D eigenvalue weighted by atomic mass is 35.5. The molecular formula is C23H14ClF4NO4S2. The molecule has 0 fully saturated rings. The van der Waals surface area contributed by atoms with Crippen molar-refractivity contribution in [2.75, 3.05) is 4.31 Å². The highest BCUT2D eigenvalue weighted by molar-refractivity contribution is 7.93. The Bertz CT molecular complexity index is 1550. The van der Waals surface area contributed by atoms with Gasteiger partial charge >= 0.3 is 12.1 Å². The van der Waals surface area contributed by atoms with Crippen molar-refractivity contribution < 1.29 is 35.9 Å². The lowest BCUT2D eigenvalue weighted by Gasteiger charge is -2.24. The first kappa shape index (κ1) is 25.0. The molecule has 182 valence electrons. The number of hydrogen-bond donors (Lipinski definition) is 1. The van der Waals surface area contributed by atoms with Crippen LogP contribution in [0.15, 0.2) is 71.6 Å². The third kappa shape index (κ3) is 4.84. The van der Waals surface area contributed by atoms with E-state index < -0.39 is 45.0 Å². The van der Waals surface area contributed by atoms with E-state index in [-0.39, 0.29) is 21.2 Å². The number of rotatable bonds is 6. The molecule has 3 aromatic carbocycles. The van der Waals surface area contributed by atoms with E-state index in [1.807, 2.05) is 0 Å². The Morgan fingerprint density at radius 2 is 1.74 bits per heavy atom. The molecule has 0 radical (unpaired) electrons. The molecule has 0 aliphatic rings. The van der Waals surface area contributed by atoms with Crippen LogP contribution in [0.3, 0.4) is 0 Å². The van der Waals surface area contributed by atoms with E-state index in [1.165, 1.54) is 18.2 Å². The topological polar surface area (TPSA) is 74.7 Å². The van der Waals surface area contributed by atoms with Gasteiger partial charge in [-0.3, -0.25) is 4.31 Å². The summed E-state index contributed by atoms with van der Waals surface area (Å²) in [5.41, 5.74) is -1.98. The summed E-state index contributed by atoms with van der Waals surface area (Å²) in [5, 5.41) is 9.88. The lowest BCUT2D eigenvalue weighted by Crippen LogP contribution is -2.30. The van der Waals surface area contributed by atoms with Crippen LogP contribution in [0, 0.1) is 5.82 Å². The molecule has 0 atom stereocenters. The maximum atomic E-state index is 13.8. The van der Waals surface area contributed by atoms with Crippen molar-refractivity contribution in [2.24, 2.45) is 0 Å². The minimum Gasteiger partial charge on any atom is -0.478 e. The van der Waals surface area contributed by atoms with E-state index in [2.05, 4.69) is 0 Å². The molecule has 4 rings (SSSR count). The number of fused-ring (bicyclic) bond motifs is 1. The number of hydrogen-bond acceptors (Lipinski definition) is 4. The maximum Gasteiger partial charge on any atom is 0.419 e. The van der Waals surface area contributed by atoms with Crippen LogP contribution in [0.4, 0.5) is 22.6 Å². The molecule has 0 aliphatic heterocycles. The first-order valence-corrected chi connectivity index (χ1v) is 12.4. The fourth-order valence-corrected chi connectivity index (χ4v) is 6.70. The van der Waals surface area contributed by atoms with Crippen molar-refractivity contribution in [1.29, 1.82) is 0 Å². The second-order valence-corrected chi connectivity index (χ2v) is 10.6. The second-order valence-electron chi connectivity index (χ2n) is 7.37. The van der Waals surface area contributed by atoms with E-state index in [0.29, 0.717) is 22.2 Å². The lowest BCUT2D eigenvalue weighted by atomic mass is 10.1. The van der Waals surface area contributed by atoms with Crippen LogP contribution >= 0.6 is 22.9 Å². The van der Waals surface area contributed by atoms with Gasteiger partial charge in [-0.25, -0.2) is 17.6 Å².